The number of nitriles is 1. The lowest BCUT2D eigenvalue weighted by Crippen LogP contribution is -2.49. The van der Waals surface area contributed by atoms with E-state index in [4.69, 9.17) is 4.74 Å². The molecule has 1 saturated heterocycles. The van der Waals surface area contributed by atoms with Crippen LogP contribution in [0, 0.1) is 29.1 Å². The number of hydrogen-bond acceptors (Lipinski definition) is 6. The first-order chi connectivity index (χ1) is 19.3. The highest BCUT2D eigenvalue weighted by Crippen LogP contribution is 2.28. The Hall–Kier alpha value is -4.32. The molecule has 40 heavy (non-hydrogen) atoms. The number of carbonyl (C=O) groups is 3. The predicted molar refractivity (Wildman–Crippen MR) is 154 cm³/mol. The average molecular weight is 544 g/mol. The number of carbonyl (C=O) groups excluding carboxylic acids is 3. The second kappa shape index (κ2) is 13.2. The van der Waals surface area contributed by atoms with Crippen LogP contribution >= 0.6 is 0 Å². The number of ketones is 1. The van der Waals surface area contributed by atoms with E-state index < -0.39 is 18.0 Å². The van der Waals surface area contributed by atoms with E-state index in [0.29, 0.717) is 37.3 Å². The molecule has 2 aromatic carbocycles. The Labute approximate surface area is 234 Å². The second-order valence-electron chi connectivity index (χ2n) is 10.8. The van der Waals surface area contributed by atoms with E-state index >= 15 is 0 Å². The summed E-state index contributed by atoms with van der Waals surface area (Å²) >= 11 is 0. The number of H-pyrrole nitrogens is 1. The smallest absolute Gasteiger partial charge is 0.223 e. The number of para-hydroxylation sites is 1. The molecule has 4 N–H and O–H groups in total. The third kappa shape index (κ3) is 7.00. The molecule has 0 aliphatic carbocycles. The summed E-state index contributed by atoms with van der Waals surface area (Å²) in [7, 11) is 1.58. The Morgan fingerprint density at radius 2 is 1.93 bits per heavy atom. The molecular weight excluding hydrogens is 506 g/mol. The lowest BCUT2D eigenvalue weighted by Gasteiger charge is -2.29. The topological polar surface area (TPSA) is 136 Å². The van der Waals surface area contributed by atoms with Crippen molar-refractivity contribution in [1.82, 2.24) is 15.6 Å². The SMILES string of the molecule is COc1cccc2[nH]c(C(=O)CC(CC(C)C)C(=O)NC(CC3CCNC3=O)C(C#N)Nc3ccccc3)cc12. The van der Waals surface area contributed by atoms with E-state index in [1.54, 1.807) is 13.2 Å². The summed E-state index contributed by atoms with van der Waals surface area (Å²) in [6.07, 6.45) is 1.48. The molecule has 4 rings (SSSR count). The van der Waals surface area contributed by atoms with Crippen molar-refractivity contribution in [3.63, 3.8) is 0 Å². The van der Waals surface area contributed by atoms with Gasteiger partial charge in [0.25, 0.3) is 0 Å². The van der Waals surface area contributed by atoms with Crippen molar-refractivity contribution >= 4 is 34.2 Å². The summed E-state index contributed by atoms with van der Waals surface area (Å²) in [5.41, 5.74) is 1.94. The van der Waals surface area contributed by atoms with Crippen LogP contribution < -0.4 is 20.7 Å². The van der Waals surface area contributed by atoms with Crippen molar-refractivity contribution < 1.29 is 19.1 Å². The van der Waals surface area contributed by atoms with Crippen LogP contribution in [0.4, 0.5) is 5.69 Å². The van der Waals surface area contributed by atoms with E-state index in [0.717, 1.165) is 16.6 Å². The van der Waals surface area contributed by atoms with Crippen molar-refractivity contribution in [2.75, 3.05) is 19.0 Å². The third-order valence-electron chi connectivity index (χ3n) is 7.37. The van der Waals surface area contributed by atoms with Gasteiger partial charge in [-0.25, -0.2) is 0 Å². The van der Waals surface area contributed by atoms with Gasteiger partial charge in [-0.3, -0.25) is 14.4 Å². The minimum absolute atomic E-state index is 0.0130. The lowest BCUT2D eigenvalue weighted by atomic mass is 9.89. The fourth-order valence-electron chi connectivity index (χ4n) is 5.33. The first kappa shape index (κ1) is 28.7. The molecule has 1 aromatic heterocycles. The van der Waals surface area contributed by atoms with E-state index in [1.165, 1.54) is 0 Å². The Bertz CT molecular complexity index is 1380. The number of hydrogen-bond donors (Lipinski definition) is 4. The van der Waals surface area contributed by atoms with Crippen molar-refractivity contribution in [2.24, 2.45) is 17.8 Å². The molecule has 2 heterocycles. The number of aromatic amines is 1. The Morgan fingerprint density at radius 1 is 1.15 bits per heavy atom. The number of aromatic nitrogens is 1. The standard InChI is InChI=1S/C31H37N5O4/c1-19(2)14-21(16-28(37)26-17-23-24(35-26)10-7-11-29(23)40-3)31(39)36-25(15-20-12-13-33-30(20)38)27(18-32)34-22-8-5-4-6-9-22/h4-11,17,19-21,25,27,34-35H,12-16H2,1-3H3,(H,33,38)(H,36,39). The molecule has 9 heteroatoms. The van der Waals surface area contributed by atoms with Crippen LogP contribution in [-0.4, -0.2) is 48.3 Å². The van der Waals surface area contributed by atoms with Crippen molar-refractivity contribution in [1.29, 1.82) is 5.26 Å². The maximum absolute atomic E-state index is 13.7. The van der Waals surface area contributed by atoms with Crippen LogP contribution in [0.3, 0.4) is 0 Å². The van der Waals surface area contributed by atoms with Crippen LogP contribution in [0.15, 0.2) is 54.6 Å². The lowest BCUT2D eigenvalue weighted by molar-refractivity contribution is -0.127. The highest BCUT2D eigenvalue weighted by atomic mass is 16.5. The highest BCUT2D eigenvalue weighted by Gasteiger charge is 2.34. The van der Waals surface area contributed by atoms with Gasteiger partial charge >= 0.3 is 0 Å². The maximum atomic E-state index is 13.7. The van der Waals surface area contributed by atoms with E-state index in [9.17, 15) is 19.6 Å². The van der Waals surface area contributed by atoms with E-state index in [1.807, 2.05) is 62.4 Å². The number of anilines is 1. The second-order valence-corrected chi connectivity index (χ2v) is 10.8. The molecule has 9 nitrogen and oxygen atoms in total. The van der Waals surface area contributed by atoms with E-state index in [-0.39, 0.29) is 35.9 Å². The molecule has 1 fully saturated rings. The molecule has 0 saturated carbocycles. The Kier molecular flexibility index (Phi) is 9.43. The molecule has 4 unspecified atom stereocenters. The Balaban J connectivity index is 1.54. The average Bonchev–Trinajstić information content (AvgIpc) is 3.57. The number of fused-ring (bicyclic) bond motifs is 1. The largest absolute Gasteiger partial charge is 0.496 e. The fraction of sp³-hybridized carbons (Fsp3) is 0.419. The molecule has 1 aliphatic heterocycles. The zero-order valence-corrected chi connectivity index (χ0v) is 23.2. The third-order valence-corrected chi connectivity index (χ3v) is 7.37. The van der Waals surface area contributed by atoms with Crippen molar-refractivity contribution in [3.05, 3.63) is 60.3 Å². The van der Waals surface area contributed by atoms with Crippen molar-refractivity contribution in [2.45, 2.75) is 51.6 Å². The van der Waals surface area contributed by atoms with Gasteiger partial charge in [-0.2, -0.15) is 5.26 Å². The van der Waals surface area contributed by atoms with Crippen LogP contribution in [0.5, 0.6) is 5.75 Å². The van der Waals surface area contributed by atoms with Gasteiger partial charge in [-0.1, -0.05) is 38.1 Å². The van der Waals surface area contributed by atoms with Crippen LogP contribution in [0.25, 0.3) is 10.9 Å². The summed E-state index contributed by atoms with van der Waals surface area (Å²) in [4.78, 5) is 42.6. The summed E-state index contributed by atoms with van der Waals surface area (Å²) in [6.45, 7) is 4.59. The van der Waals surface area contributed by atoms with E-state index in [2.05, 4.69) is 27.0 Å². The van der Waals surface area contributed by atoms with Gasteiger partial charge in [0.1, 0.15) is 11.8 Å². The molecule has 3 aromatic rings. The monoisotopic (exact) mass is 543 g/mol. The number of benzene rings is 2. The Morgan fingerprint density at radius 3 is 2.58 bits per heavy atom. The molecule has 0 bridgehead atoms. The number of methoxy groups -OCH3 is 1. The minimum Gasteiger partial charge on any atom is -0.496 e. The summed E-state index contributed by atoms with van der Waals surface area (Å²) in [5, 5.41) is 20.0. The normalized spacial score (nSPS) is 17.1. The van der Waals surface area contributed by atoms with Gasteiger partial charge in [-0.05, 0) is 55.5 Å². The molecule has 4 atom stereocenters. The number of ether oxygens (including phenoxy) is 1. The van der Waals surface area contributed by atoms with Gasteiger partial charge in [0.15, 0.2) is 5.78 Å². The summed E-state index contributed by atoms with van der Waals surface area (Å²) in [6, 6.07) is 17.5. The first-order valence-corrected chi connectivity index (χ1v) is 13.8. The predicted octanol–water partition coefficient (Wildman–Crippen LogP) is 4.43. The number of amides is 2. The van der Waals surface area contributed by atoms with Crippen molar-refractivity contribution in [3.8, 4) is 11.8 Å². The number of nitrogens with one attached hydrogen (secondary N) is 4. The number of rotatable bonds is 13. The summed E-state index contributed by atoms with van der Waals surface area (Å²) in [5.74, 6) is -0.615. The van der Waals surface area contributed by atoms with Gasteiger partial charge in [0.2, 0.25) is 11.8 Å². The summed E-state index contributed by atoms with van der Waals surface area (Å²) < 4.78 is 5.42. The van der Waals surface area contributed by atoms with Gasteiger partial charge < -0.3 is 25.7 Å². The zero-order valence-electron chi connectivity index (χ0n) is 23.2. The number of Topliss-reactive ketones (excluding diaryl/α,β-unsaturated/α-hetero) is 1. The molecule has 1 aliphatic rings. The first-order valence-electron chi connectivity index (χ1n) is 13.8. The van der Waals surface area contributed by atoms with Crippen LogP contribution in [0.1, 0.15) is 50.0 Å². The molecule has 2 amide bonds. The van der Waals surface area contributed by atoms with Crippen LogP contribution in [0.2, 0.25) is 0 Å². The molecule has 0 spiro atoms. The van der Waals surface area contributed by atoms with Gasteiger partial charge in [0.05, 0.1) is 24.9 Å². The highest BCUT2D eigenvalue weighted by molar-refractivity contribution is 6.02. The molecule has 0 radical (unpaired) electrons. The molecular formula is C31H37N5O4. The molecule has 210 valence electrons. The quantitative estimate of drug-likeness (QED) is 0.236. The van der Waals surface area contributed by atoms with Gasteiger partial charge in [0, 0.05) is 41.4 Å². The maximum Gasteiger partial charge on any atom is 0.223 e. The fourth-order valence-corrected chi connectivity index (χ4v) is 5.33. The number of nitrogens with zero attached hydrogens (tertiary/aromatic N) is 1. The zero-order chi connectivity index (χ0) is 28.6. The van der Waals surface area contributed by atoms with Crippen LogP contribution in [-0.2, 0) is 9.59 Å². The minimum atomic E-state index is -0.767. The van der Waals surface area contributed by atoms with Gasteiger partial charge in [-0.15, -0.1) is 0 Å².